The molecule has 5 nitrogen and oxygen atoms in total. The van der Waals surface area contributed by atoms with Gasteiger partial charge in [-0.3, -0.25) is 9.59 Å². The lowest BCUT2D eigenvalue weighted by Crippen LogP contribution is -2.14. The second kappa shape index (κ2) is 11.6. The van der Waals surface area contributed by atoms with Crippen molar-refractivity contribution in [1.82, 2.24) is 4.98 Å². The van der Waals surface area contributed by atoms with Gasteiger partial charge in [0.1, 0.15) is 0 Å². The number of carbonyl (C=O) groups excluding carboxylic acids is 2. The zero-order valence-corrected chi connectivity index (χ0v) is 22.3. The Kier molecular flexibility index (Phi) is 8.59. The van der Waals surface area contributed by atoms with Gasteiger partial charge in [-0.2, -0.15) is 0 Å². The quantitative estimate of drug-likeness (QED) is 0.215. The van der Waals surface area contributed by atoms with Gasteiger partial charge in [0.15, 0.2) is 5.13 Å². The van der Waals surface area contributed by atoms with Crippen LogP contribution in [0.2, 0.25) is 20.1 Å². The van der Waals surface area contributed by atoms with Crippen LogP contribution in [0.3, 0.4) is 0 Å². The second-order valence-corrected chi connectivity index (χ2v) is 10.7. The van der Waals surface area contributed by atoms with Crippen LogP contribution in [-0.2, 0) is 4.79 Å². The predicted octanol–water partition coefficient (Wildman–Crippen LogP) is 8.41. The van der Waals surface area contributed by atoms with Gasteiger partial charge in [0, 0.05) is 26.5 Å². The van der Waals surface area contributed by atoms with Crippen LogP contribution in [0.15, 0.2) is 70.9 Å². The van der Waals surface area contributed by atoms with Crippen LogP contribution in [0.5, 0.6) is 0 Å². The summed E-state index contributed by atoms with van der Waals surface area (Å²) >= 11 is 26.7. The normalized spacial score (nSPS) is 10.7. The van der Waals surface area contributed by atoms with Crippen LogP contribution in [0.25, 0.3) is 11.3 Å². The van der Waals surface area contributed by atoms with E-state index in [1.54, 1.807) is 36.4 Å². The summed E-state index contributed by atoms with van der Waals surface area (Å²) in [6.07, 6.45) is 0. The van der Waals surface area contributed by atoms with Crippen molar-refractivity contribution in [2.45, 2.75) is 4.90 Å². The first kappa shape index (κ1) is 25.8. The van der Waals surface area contributed by atoms with E-state index in [0.29, 0.717) is 37.1 Å². The van der Waals surface area contributed by atoms with Crippen LogP contribution in [-0.4, -0.2) is 22.6 Å². The van der Waals surface area contributed by atoms with Crippen LogP contribution in [0.4, 0.5) is 10.8 Å². The molecular weight excluding hydrogens is 568 g/mol. The molecule has 178 valence electrons. The Morgan fingerprint density at radius 3 is 2.34 bits per heavy atom. The fourth-order valence-electron chi connectivity index (χ4n) is 2.93. The highest BCUT2D eigenvalue weighted by Crippen LogP contribution is 2.31. The summed E-state index contributed by atoms with van der Waals surface area (Å²) in [7, 11) is 0. The summed E-state index contributed by atoms with van der Waals surface area (Å²) in [5, 5.41) is 9.57. The van der Waals surface area contributed by atoms with Crippen LogP contribution in [0, 0.1) is 0 Å². The van der Waals surface area contributed by atoms with E-state index in [0.717, 1.165) is 10.5 Å². The molecule has 0 unspecified atom stereocenters. The highest BCUT2D eigenvalue weighted by molar-refractivity contribution is 8.00. The molecule has 1 heterocycles. The summed E-state index contributed by atoms with van der Waals surface area (Å²) in [5.74, 6) is -0.316. The fourth-order valence-corrected chi connectivity index (χ4v) is 5.16. The van der Waals surface area contributed by atoms with Gasteiger partial charge in [0.05, 0.1) is 32.1 Å². The van der Waals surface area contributed by atoms with E-state index in [4.69, 9.17) is 46.4 Å². The number of nitrogens with zero attached hydrogens (tertiary/aromatic N) is 1. The minimum atomic E-state index is -0.338. The maximum atomic E-state index is 12.4. The molecule has 11 heteroatoms. The van der Waals surface area contributed by atoms with Gasteiger partial charge in [-0.25, -0.2) is 4.98 Å². The smallest absolute Gasteiger partial charge is 0.257 e. The molecule has 0 radical (unpaired) electrons. The van der Waals surface area contributed by atoms with E-state index in [1.807, 2.05) is 23.6 Å². The van der Waals surface area contributed by atoms with E-state index in [9.17, 15) is 9.59 Å². The monoisotopic (exact) mass is 581 g/mol. The summed E-state index contributed by atoms with van der Waals surface area (Å²) in [6, 6.07) is 17.1. The minimum absolute atomic E-state index is 0.181. The number of thioether (sulfide) groups is 1. The third-order valence-electron chi connectivity index (χ3n) is 4.62. The Balaban J connectivity index is 1.29. The van der Waals surface area contributed by atoms with Crippen molar-refractivity contribution < 1.29 is 9.59 Å². The summed E-state index contributed by atoms with van der Waals surface area (Å²) in [4.78, 5) is 30.1. The summed E-state index contributed by atoms with van der Waals surface area (Å²) in [5.41, 5.74) is 2.45. The average molecular weight is 583 g/mol. The number of anilines is 2. The van der Waals surface area contributed by atoms with Crippen LogP contribution in [0.1, 0.15) is 10.4 Å². The molecule has 2 amide bonds. The first-order valence-electron chi connectivity index (χ1n) is 9.98. The molecule has 0 bridgehead atoms. The molecule has 0 aliphatic heterocycles. The van der Waals surface area contributed by atoms with Crippen molar-refractivity contribution in [3.63, 3.8) is 0 Å². The number of rotatable bonds is 7. The molecule has 35 heavy (non-hydrogen) atoms. The molecule has 3 aromatic carbocycles. The number of carbonyl (C=O) groups is 2. The summed E-state index contributed by atoms with van der Waals surface area (Å²) in [6.45, 7) is 0. The average Bonchev–Trinajstić information content (AvgIpc) is 3.28. The Morgan fingerprint density at radius 2 is 1.63 bits per heavy atom. The van der Waals surface area contributed by atoms with Gasteiger partial charge in [-0.15, -0.1) is 23.1 Å². The first-order valence-corrected chi connectivity index (χ1v) is 13.4. The lowest BCUT2D eigenvalue weighted by molar-refractivity contribution is -0.113. The van der Waals surface area contributed by atoms with Gasteiger partial charge in [0.2, 0.25) is 5.91 Å². The Labute approximate surface area is 229 Å². The predicted molar refractivity (Wildman–Crippen MR) is 148 cm³/mol. The largest absolute Gasteiger partial charge is 0.322 e. The molecule has 4 aromatic rings. The number of hydrogen-bond acceptors (Lipinski definition) is 5. The molecule has 0 atom stereocenters. The van der Waals surface area contributed by atoms with Crippen LogP contribution >= 0.6 is 69.5 Å². The van der Waals surface area contributed by atoms with Crippen molar-refractivity contribution >= 4 is 92.1 Å². The van der Waals surface area contributed by atoms with Gasteiger partial charge >= 0.3 is 0 Å². The van der Waals surface area contributed by atoms with E-state index in [2.05, 4.69) is 15.6 Å². The van der Waals surface area contributed by atoms with Crippen LogP contribution < -0.4 is 10.6 Å². The van der Waals surface area contributed by atoms with Crippen molar-refractivity contribution in [3.05, 3.63) is 91.7 Å². The number of thiazole rings is 1. The number of aromatic nitrogens is 1. The molecule has 0 aliphatic rings. The highest BCUT2D eigenvalue weighted by Gasteiger charge is 2.12. The fraction of sp³-hybridized carbons (Fsp3) is 0.0417. The van der Waals surface area contributed by atoms with Gasteiger partial charge in [-0.1, -0.05) is 52.5 Å². The van der Waals surface area contributed by atoms with E-state index in [-0.39, 0.29) is 22.6 Å². The molecule has 0 saturated carbocycles. The first-order chi connectivity index (χ1) is 16.8. The van der Waals surface area contributed by atoms with E-state index < -0.39 is 0 Å². The van der Waals surface area contributed by atoms with Crippen molar-refractivity contribution in [2.75, 3.05) is 16.4 Å². The number of nitrogens with one attached hydrogen (secondary N) is 2. The summed E-state index contributed by atoms with van der Waals surface area (Å²) < 4.78 is 0. The molecule has 4 rings (SSSR count). The molecule has 0 spiro atoms. The molecule has 0 saturated heterocycles. The topological polar surface area (TPSA) is 71.1 Å². The zero-order valence-electron chi connectivity index (χ0n) is 17.7. The highest BCUT2D eigenvalue weighted by atomic mass is 35.5. The SMILES string of the molecule is O=C(CSc1ccc(NC(=O)c2ccc(Cl)cc2Cl)cc1)Nc1nc(-c2ccc(Cl)c(Cl)c2)cs1. The lowest BCUT2D eigenvalue weighted by Gasteiger charge is -2.08. The van der Waals surface area contributed by atoms with Crippen molar-refractivity contribution in [1.29, 1.82) is 0 Å². The third kappa shape index (κ3) is 6.91. The standard InChI is InChI=1S/C24H15Cl4N3O2S2/c25-14-2-7-17(19(27)10-14)23(33)29-15-3-5-16(6-4-15)34-12-22(32)31-24-30-21(11-35-24)13-1-8-18(26)20(28)9-13/h1-11H,12H2,(H,29,33)(H,30,31,32). The molecule has 1 aromatic heterocycles. The van der Waals surface area contributed by atoms with Crippen molar-refractivity contribution in [2.24, 2.45) is 0 Å². The number of amides is 2. The Hall–Kier alpha value is -2.26. The minimum Gasteiger partial charge on any atom is -0.322 e. The zero-order chi connectivity index (χ0) is 24.9. The maximum absolute atomic E-state index is 12.4. The Bertz CT molecular complexity index is 1390. The van der Waals surface area contributed by atoms with Gasteiger partial charge < -0.3 is 10.6 Å². The second-order valence-electron chi connectivity index (χ2n) is 7.11. The van der Waals surface area contributed by atoms with Gasteiger partial charge in [-0.05, 0) is 54.6 Å². The number of benzene rings is 3. The third-order valence-corrected chi connectivity index (χ3v) is 7.68. The van der Waals surface area contributed by atoms with Crippen molar-refractivity contribution in [3.8, 4) is 11.3 Å². The Morgan fingerprint density at radius 1 is 0.857 bits per heavy atom. The number of halogens is 4. The molecule has 0 aliphatic carbocycles. The molecule has 0 fully saturated rings. The number of hydrogen-bond donors (Lipinski definition) is 2. The molecule has 2 N–H and O–H groups in total. The maximum Gasteiger partial charge on any atom is 0.257 e. The van der Waals surface area contributed by atoms with E-state index in [1.165, 1.54) is 29.2 Å². The van der Waals surface area contributed by atoms with E-state index >= 15 is 0 Å². The molecular formula is C24H15Cl4N3O2S2. The van der Waals surface area contributed by atoms with Gasteiger partial charge in [0.25, 0.3) is 5.91 Å². The lowest BCUT2D eigenvalue weighted by atomic mass is 10.2.